The first kappa shape index (κ1) is 17.4. The van der Waals surface area contributed by atoms with Crippen LogP contribution in [-0.4, -0.2) is 71.2 Å². The van der Waals surface area contributed by atoms with E-state index >= 15 is 0 Å². The van der Waals surface area contributed by atoms with Gasteiger partial charge in [-0.3, -0.25) is 9.80 Å². The van der Waals surface area contributed by atoms with Crippen LogP contribution in [-0.2, 0) is 16.4 Å². The summed E-state index contributed by atoms with van der Waals surface area (Å²) < 4.78 is 26.6. The van der Waals surface area contributed by atoms with Crippen LogP contribution in [0.15, 0.2) is 42.7 Å². The van der Waals surface area contributed by atoms with Gasteiger partial charge in [0.25, 0.3) is 0 Å². The SMILES string of the molecule is O=S1(=O)C[C@@H]2[C@H](C1)N(CC1CC1)CCN2Cc1cccc(-n2cccn2)c1. The monoisotopic (exact) mass is 386 g/mol. The second-order valence-electron chi connectivity index (χ2n) is 8.24. The molecule has 0 bridgehead atoms. The van der Waals surface area contributed by atoms with E-state index in [0.29, 0.717) is 11.5 Å². The Labute approximate surface area is 160 Å². The fourth-order valence-electron chi connectivity index (χ4n) is 4.61. The van der Waals surface area contributed by atoms with Gasteiger partial charge < -0.3 is 0 Å². The number of hydrogen-bond acceptors (Lipinski definition) is 5. The summed E-state index contributed by atoms with van der Waals surface area (Å²) in [7, 11) is -2.94. The zero-order chi connectivity index (χ0) is 18.4. The lowest BCUT2D eigenvalue weighted by Crippen LogP contribution is -2.59. The second-order valence-corrected chi connectivity index (χ2v) is 10.4. The molecule has 5 rings (SSSR count). The molecule has 3 fully saturated rings. The molecular formula is C20H26N4O2S. The number of aromatic nitrogens is 2. The van der Waals surface area contributed by atoms with Crippen molar-refractivity contribution in [1.82, 2.24) is 19.6 Å². The van der Waals surface area contributed by atoms with Gasteiger partial charge in [0.1, 0.15) is 0 Å². The van der Waals surface area contributed by atoms with Crippen LogP contribution in [0.5, 0.6) is 0 Å². The number of fused-ring (bicyclic) bond motifs is 1. The summed E-state index contributed by atoms with van der Waals surface area (Å²) in [4.78, 5) is 4.85. The maximum absolute atomic E-state index is 12.4. The smallest absolute Gasteiger partial charge is 0.153 e. The molecule has 0 spiro atoms. The Morgan fingerprint density at radius 3 is 2.56 bits per heavy atom. The highest BCUT2D eigenvalue weighted by molar-refractivity contribution is 7.91. The predicted molar refractivity (Wildman–Crippen MR) is 105 cm³/mol. The van der Waals surface area contributed by atoms with E-state index in [1.165, 1.54) is 18.4 Å². The largest absolute Gasteiger partial charge is 0.296 e. The van der Waals surface area contributed by atoms with Gasteiger partial charge in [-0.2, -0.15) is 5.10 Å². The molecule has 1 saturated carbocycles. The van der Waals surface area contributed by atoms with Crippen molar-refractivity contribution in [1.29, 1.82) is 0 Å². The molecule has 0 unspecified atom stereocenters. The summed E-state index contributed by atoms with van der Waals surface area (Å²) in [5.74, 6) is 1.43. The average molecular weight is 387 g/mol. The molecule has 7 heteroatoms. The topological polar surface area (TPSA) is 58.4 Å². The van der Waals surface area contributed by atoms with Gasteiger partial charge in [-0.25, -0.2) is 13.1 Å². The van der Waals surface area contributed by atoms with E-state index < -0.39 is 9.84 Å². The van der Waals surface area contributed by atoms with Crippen molar-refractivity contribution >= 4 is 9.84 Å². The molecule has 3 heterocycles. The summed E-state index contributed by atoms with van der Waals surface area (Å²) >= 11 is 0. The third kappa shape index (κ3) is 3.68. The molecular weight excluding hydrogens is 360 g/mol. The average Bonchev–Trinajstić information content (AvgIpc) is 3.16. The van der Waals surface area contributed by atoms with Gasteiger partial charge in [0, 0.05) is 50.7 Å². The van der Waals surface area contributed by atoms with Crippen molar-refractivity contribution in [2.45, 2.75) is 31.5 Å². The van der Waals surface area contributed by atoms with E-state index in [1.807, 2.05) is 23.0 Å². The van der Waals surface area contributed by atoms with Crippen molar-refractivity contribution in [3.05, 3.63) is 48.3 Å². The fourth-order valence-corrected chi connectivity index (χ4v) is 6.65. The van der Waals surface area contributed by atoms with Crippen molar-refractivity contribution in [3.8, 4) is 5.69 Å². The van der Waals surface area contributed by atoms with Gasteiger partial charge in [0.15, 0.2) is 9.84 Å². The van der Waals surface area contributed by atoms with Crippen LogP contribution < -0.4 is 0 Å². The van der Waals surface area contributed by atoms with Gasteiger partial charge in [-0.1, -0.05) is 12.1 Å². The quantitative estimate of drug-likeness (QED) is 0.781. The summed E-state index contributed by atoms with van der Waals surface area (Å²) in [6, 6.07) is 10.6. The molecule has 2 atom stereocenters. The van der Waals surface area contributed by atoms with E-state index in [1.54, 1.807) is 6.20 Å². The van der Waals surface area contributed by atoms with Gasteiger partial charge in [-0.05, 0) is 42.5 Å². The minimum atomic E-state index is -2.94. The summed E-state index contributed by atoms with van der Waals surface area (Å²) in [6.45, 7) is 3.80. The number of piperazine rings is 1. The Hall–Kier alpha value is -1.70. The molecule has 3 aliphatic rings. The molecule has 144 valence electrons. The van der Waals surface area contributed by atoms with E-state index in [-0.39, 0.29) is 12.1 Å². The number of nitrogens with zero attached hydrogens (tertiary/aromatic N) is 4. The zero-order valence-corrected chi connectivity index (χ0v) is 16.3. The Balaban J connectivity index is 1.35. The molecule has 0 radical (unpaired) electrons. The first-order valence-electron chi connectivity index (χ1n) is 9.85. The highest BCUT2D eigenvalue weighted by atomic mass is 32.2. The summed E-state index contributed by atoms with van der Waals surface area (Å²) in [5, 5.41) is 4.31. The lowest BCUT2D eigenvalue weighted by Gasteiger charge is -2.44. The maximum Gasteiger partial charge on any atom is 0.153 e. The predicted octanol–water partition coefficient (Wildman–Crippen LogP) is 1.57. The highest BCUT2D eigenvalue weighted by Crippen LogP contribution is 2.34. The van der Waals surface area contributed by atoms with Gasteiger partial charge in [0.05, 0.1) is 17.2 Å². The van der Waals surface area contributed by atoms with E-state index in [9.17, 15) is 8.42 Å². The second kappa shape index (κ2) is 6.72. The number of sulfone groups is 1. The number of rotatable bonds is 5. The molecule has 2 saturated heterocycles. The van der Waals surface area contributed by atoms with E-state index in [4.69, 9.17) is 0 Å². The molecule has 0 amide bonds. The lowest BCUT2D eigenvalue weighted by molar-refractivity contribution is 0.0376. The van der Waals surface area contributed by atoms with Crippen molar-refractivity contribution in [3.63, 3.8) is 0 Å². The number of benzene rings is 1. The Morgan fingerprint density at radius 2 is 1.81 bits per heavy atom. The Morgan fingerprint density at radius 1 is 1.04 bits per heavy atom. The van der Waals surface area contributed by atoms with E-state index in [0.717, 1.165) is 37.8 Å². The summed E-state index contributed by atoms with van der Waals surface area (Å²) in [6.07, 6.45) is 6.34. The van der Waals surface area contributed by atoms with Crippen LogP contribution in [0.2, 0.25) is 0 Å². The van der Waals surface area contributed by atoms with Crippen LogP contribution in [0.4, 0.5) is 0 Å². The van der Waals surface area contributed by atoms with Crippen LogP contribution in [0, 0.1) is 5.92 Å². The van der Waals surface area contributed by atoms with Gasteiger partial charge in [-0.15, -0.1) is 0 Å². The van der Waals surface area contributed by atoms with Gasteiger partial charge >= 0.3 is 0 Å². The third-order valence-corrected chi connectivity index (χ3v) is 7.86. The van der Waals surface area contributed by atoms with Crippen LogP contribution in [0.3, 0.4) is 0 Å². The van der Waals surface area contributed by atoms with Crippen LogP contribution in [0.1, 0.15) is 18.4 Å². The van der Waals surface area contributed by atoms with Crippen LogP contribution in [0.25, 0.3) is 5.69 Å². The van der Waals surface area contributed by atoms with E-state index in [2.05, 4.69) is 33.1 Å². The first-order valence-corrected chi connectivity index (χ1v) is 11.7. The maximum atomic E-state index is 12.4. The third-order valence-electron chi connectivity index (χ3n) is 6.16. The highest BCUT2D eigenvalue weighted by Gasteiger charge is 2.47. The van der Waals surface area contributed by atoms with Crippen LogP contribution >= 0.6 is 0 Å². The van der Waals surface area contributed by atoms with Crippen molar-refractivity contribution in [2.24, 2.45) is 5.92 Å². The molecule has 2 aliphatic heterocycles. The van der Waals surface area contributed by atoms with Gasteiger partial charge in [0.2, 0.25) is 0 Å². The molecule has 2 aromatic rings. The minimum absolute atomic E-state index is 0.121. The van der Waals surface area contributed by atoms with Crippen molar-refractivity contribution in [2.75, 3.05) is 31.1 Å². The minimum Gasteiger partial charge on any atom is -0.296 e. The number of hydrogen-bond donors (Lipinski definition) is 0. The zero-order valence-electron chi connectivity index (χ0n) is 15.4. The molecule has 0 N–H and O–H groups in total. The van der Waals surface area contributed by atoms with Crippen molar-refractivity contribution < 1.29 is 8.42 Å². The molecule has 6 nitrogen and oxygen atoms in total. The first-order chi connectivity index (χ1) is 13.1. The lowest BCUT2D eigenvalue weighted by atomic mass is 10.0. The summed E-state index contributed by atoms with van der Waals surface area (Å²) in [5.41, 5.74) is 2.25. The Bertz CT molecular complexity index is 908. The Kier molecular flexibility index (Phi) is 4.33. The fraction of sp³-hybridized carbons (Fsp3) is 0.550. The molecule has 1 aromatic carbocycles. The standard InChI is InChI=1S/C20H26N4O2S/c25-27(26)14-19-20(15-27)23(10-9-22(19)12-16-5-6-16)13-17-3-1-4-18(11-17)24-8-2-7-21-24/h1-4,7-8,11,16,19-20H,5-6,9-10,12-15H2/t19-,20+/m0/s1. The molecule has 1 aromatic heterocycles. The molecule has 1 aliphatic carbocycles. The normalized spacial score (nSPS) is 28.3. The molecule has 27 heavy (non-hydrogen) atoms.